The maximum absolute atomic E-state index is 11.0. The third kappa shape index (κ3) is 1.58. The van der Waals surface area contributed by atoms with Crippen LogP contribution in [0.15, 0.2) is 16.8 Å². The van der Waals surface area contributed by atoms with Crippen LogP contribution in [0.2, 0.25) is 0 Å². The first kappa shape index (κ1) is 7.78. The van der Waals surface area contributed by atoms with E-state index in [0.717, 1.165) is 0 Å². The van der Waals surface area contributed by atoms with Crippen molar-refractivity contribution in [1.29, 1.82) is 0 Å². The molecule has 4 heteroatoms. The van der Waals surface area contributed by atoms with Gasteiger partial charge in [0.1, 0.15) is 0 Å². The Morgan fingerprint density at radius 1 is 1.91 bits per heavy atom. The van der Waals surface area contributed by atoms with Crippen molar-refractivity contribution < 1.29 is 9.53 Å². The van der Waals surface area contributed by atoms with Crippen molar-refractivity contribution in [3.05, 3.63) is 11.8 Å². The Balaban J connectivity index is 2.55. The van der Waals surface area contributed by atoms with Crippen LogP contribution in [0.5, 0.6) is 0 Å². The maximum atomic E-state index is 11.0. The topological polar surface area (TPSA) is 64.7 Å². The summed E-state index contributed by atoms with van der Waals surface area (Å²) in [7, 11) is 0. The highest BCUT2D eigenvalue weighted by atomic mass is 16.5. The second-order valence-corrected chi connectivity index (χ2v) is 2.12. The Bertz CT molecular complexity index is 220. The molecule has 0 bridgehead atoms. The van der Waals surface area contributed by atoms with E-state index in [1.165, 1.54) is 6.21 Å². The van der Waals surface area contributed by atoms with E-state index < -0.39 is 6.04 Å². The molecule has 1 rings (SSSR count). The number of rotatable bonds is 2. The molecular weight excluding hydrogens is 144 g/mol. The van der Waals surface area contributed by atoms with Crippen molar-refractivity contribution in [2.45, 2.75) is 13.0 Å². The van der Waals surface area contributed by atoms with Gasteiger partial charge in [0, 0.05) is 11.9 Å². The third-order valence-electron chi connectivity index (χ3n) is 1.33. The smallest absolute Gasteiger partial charge is 0.337 e. The molecule has 11 heavy (non-hydrogen) atoms. The molecule has 0 saturated carbocycles. The third-order valence-corrected chi connectivity index (χ3v) is 1.33. The van der Waals surface area contributed by atoms with Crippen molar-refractivity contribution >= 4 is 12.2 Å². The second kappa shape index (κ2) is 3.18. The highest BCUT2D eigenvalue weighted by Gasteiger charge is 2.22. The van der Waals surface area contributed by atoms with Crippen LogP contribution in [0.25, 0.3) is 0 Å². The summed E-state index contributed by atoms with van der Waals surface area (Å²) in [6.45, 7) is 2.11. The monoisotopic (exact) mass is 154 g/mol. The van der Waals surface area contributed by atoms with Crippen LogP contribution < -0.4 is 5.73 Å². The number of allylic oxidation sites excluding steroid dienone is 1. The number of esters is 1. The van der Waals surface area contributed by atoms with Gasteiger partial charge >= 0.3 is 5.97 Å². The Hall–Kier alpha value is -1.32. The van der Waals surface area contributed by atoms with E-state index in [4.69, 9.17) is 10.5 Å². The van der Waals surface area contributed by atoms with Gasteiger partial charge in [-0.05, 0) is 13.0 Å². The zero-order chi connectivity index (χ0) is 8.27. The van der Waals surface area contributed by atoms with Gasteiger partial charge < -0.3 is 10.5 Å². The Labute approximate surface area is 64.7 Å². The zero-order valence-electron chi connectivity index (χ0n) is 6.28. The minimum atomic E-state index is -0.602. The average Bonchev–Trinajstić information content (AvgIpc) is 2.36. The number of hydrogen-bond donors (Lipinski definition) is 1. The van der Waals surface area contributed by atoms with E-state index >= 15 is 0 Å². The highest BCUT2D eigenvalue weighted by molar-refractivity contribution is 5.88. The molecule has 1 atom stereocenters. The summed E-state index contributed by atoms with van der Waals surface area (Å²) in [5.41, 5.74) is 5.89. The van der Waals surface area contributed by atoms with Crippen molar-refractivity contribution in [3.8, 4) is 0 Å². The first-order valence-corrected chi connectivity index (χ1v) is 3.41. The van der Waals surface area contributed by atoms with E-state index in [2.05, 4.69) is 4.99 Å². The second-order valence-electron chi connectivity index (χ2n) is 2.12. The maximum Gasteiger partial charge on any atom is 0.337 e. The van der Waals surface area contributed by atoms with Gasteiger partial charge in [0.2, 0.25) is 0 Å². The fraction of sp³-hybridized carbons (Fsp3) is 0.429. The van der Waals surface area contributed by atoms with Crippen LogP contribution in [0, 0.1) is 0 Å². The summed E-state index contributed by atoms with van der Waals surface area (Å²) < 4.78 is 4.72. The predicted molar refractivity (Wildman–Crippen MR) is 41.2 cm³/mol. The van der Waals surface area contributed by atoms with Crippen molar-refractivity contribution in [2.75, 3.05) is 6.61 Å². The van der Waals surface area contributed by atoms with Crippen molar-refractivity contribution in [1.82, 2.24) is 0 Å². The normalized spacial score (nSPS) is 21.5. The molecule has 4 nitrogen and oxygen atoms in total. The van der Waals surface area contributed by atoms with Gasteiger partial charge in [-0.2, -0.15) is 0 Å². The van der Waals surface area contributed by atoms with Gasteiger partial charge in [-0.3, -0.25) is 4.99 Å². The molecule has 0 fully saturated rings. The van der Waals surface area contributed by atoms with Gasteiger partial charge in [0.15, 0.2) is 6.04 Å². The molecular formula is C7H10N2O2. The number of nitrogens with zero attached hydrogens (tertiary/aromatic N) is 1. The van der Waals surface area contributed by atoms with Crippen LogP contribution in [0.4, 0.5) is 0 Å². The molecule has 0 aromatic carbocycles. The van der Waals surface area contributed by atoms with Gasteiger partial charge in [0.25, 0.3) is 0 Å². The first-order valence-electron chi connectivity index (χ1n) is 3.41. The van der Waals surface area contributed by atoms with E-state index in [9.17, 15) is 4.79 Å². The Kier molecular flexibility index (Phi) is 2.25. The molecule has 1 aliphatic rings. The molecule has 0 aliphatic carbocycles. The van der Waals surface area contributed by atoms with Crippen molar-refractivity contribution in [2.24, 2.45) is 10.7 Å². The molecule has 0 saturated heterocycles. The van der Waals surface area contributed by atoms with Gasteiger partial charge in [-0.1, -0.05) is 0 Å². The predicted octanol–water partition coefficient (Wildman–Crippen LogP) is -0.155. The summed E-state index contributed by atoms with van der Waals surface area (Å²) in [5.74, 6) is -0.380. The summed E-state index contributed by atoms with van der Waals surface area (Å²) in [6, 6.07) is -0.602. The molecule has 0 unspecified atom stereocenters. The lowest BCUT2D eigenvalue weighted by Crippen LogP contribution is -2.25. The van der Waals surface area contributed by atoms with E-state index in [-0.39, 0.29) is 5.97 Å². The largest absolute Gasteiger partial charge is 0.464 e. The summed E-state index contributed by atoms with van der Waals surface area (Å²) in [5, 5.41) is 0. The number of aliphatic imine (C=N–C) groups is 1. The number of ether oxygens (including phenoxy) is 1. The van der Waals surface area contributed by atoms with E-state index in [1.54, 1.807) is 13.0 Å². The van der Waals surface area contributed by atoms with Crippen LogP contribution >= 0.6 is 0 Å². The minimum Gasteiger partial charge on any atom is -0.464 e. The number of hydrogen-bond acceptors (Lipinski definition) is 4. The first-order chi connectivity index (χ1) is 5.25. The lowest BCUT2D eigenvalue weighted by atomic mass is 10.2. The number of carbonyl (C=O) groups is 1. The van der Waals surface area contributed by atoms with Gasteiger partial charge in [-0.15, -0.1) is 0 Å². The summed E-state index contributed by atoms with van der Waals surface area (Å²) in [4.78, 5) is 14.8. The lowest BCUT2D eigenvalue weighted by molar-refractivity contribution is -0.143. The fourth-order valence-corrected chi connectivity index (χ4v) is 0.811. The van der Waals surface area contributed by atoms with Crippen LogP contribution in [0.1, 0.15) is 6.92 Å². The highest BCUT2D eigenvalue weighted by Crippen LogP contribution is 2.07. The van der Waals surface area contributed by atoms with E-state index in [0.29, 0.717) is 12.3 Å². The summed E-state index contributed by atoms with van der Waals surface area (Å²) in [6.07, 6.45) is 3.11. The molecule has 60 valence electrons. The molecule has 1 aliphatic heterocycles. The molecule has 0 amide bonds. The minimum absolute atomic E-state index is 0.359. The average molecular weight is 154 g/mol. The quantitative estimate of drug-likeness (QED) is 0.562. The fourth-order valence-electron chi connectivity index (χ4n) is 0.811. The molecule has 1 heterocycles. The molecule has 2 N–H and O–H groups in total. The number of nitrogens with two attached hydrogens (primary N) is 1. The van der Waals surface area contributed by atoms with Gasteiger partial charge in [-0.25, -0.2) is 4.79 Å². The molecule has 0 aromatic rings. The Morgan fingerprint density at radius 3 is 3.09 bits per heavy atom. The molecule has 0 aromatic heterocycles. The Morgan fingerprint density at radius 2 is 2.64 bits per heavy atom. The van der Waals surface area contributed by atoms with Gasteiger partial charge in [0.05, 0.1) is 6.61 Å². The lowest BCUT2D eigenvalue weighted by Gasteiger charge is -2.06. The molecule has 0 spiro atoms. The van der Waals surface area contributed by atoms with E-state index in [1.807, 2.05) is 0 Å². The van der Waals surface area contributed by atoms with Crippen LogP contribution in [-0.2, 0) is 9.53 Å². The SMILES string of the molecule is CCOC(=O)[C@@H]1N=CC=C1N. The standard InChI is InChI=1S/C7H10N2O2/c1-2-11-7(10)6-5(8)3-4-9-6/h3-4,6H,2,8H2,1H3/t6-/m1/s1. The molecule has 0 radical (unpaired) electrons. The van der Waals surface area contributed by atoms with Crippen molar-refractivity contribution in [3.63, 3.8) is 0 Å². The number of carbonyl (C=O) groups excluding carboxylic acids is 1. The summed E-state index contributed by atoms with van der Waals surface area (Å²) >= 11 is 0. The van der Waals surface area contributed by atoms with Crippen LogP contribution in [-0.4, -0.2) is 24.8 Å². The van der Waals surface area contributed by atoms with Crippen LogP contribution in [0.3, 0.4) is 0 Å². The zero-order valence-corrected chi connectivity index (χ0v) is 6.28.